The molecule has 2 aliphatic heterocycles. The average molecular weight is 545 g/mol. The van der Waals surface area contributed by atoms with Gasteiger partial charge in [-0.05, 0) is 99.4 Å². The third-order valence-electron chi connectivity index (χ3n) is 12.4. The number of aliphatic hydroxyl groups is 4. The molecule has 0 unspecified atom stereocenters. The van der Waals surface area contributed by atoms with E-state index in [1.807, 2.05) is 0 Å². The molecule has 4 saturated carbocycles. The summed E-state index contributed by atoms with van der Waals surface area (Å²) < 4.78 is 17.3. The number of ether oxygens (including phenoxy) is 3. The smallest absolute Gasteiger partial charge is 0.331 e. The predicted molar refractivity (Wildman–Crippen MR) is 141 cm³/mol. The molecule has 6 aliphatic rings. The molecule has 0 aromatic heterocycles. The van der Waals surface area contributed by atoms with Gasteiger partial charge < -0.3 is 34.6 Å². The maximum Gasteiger partial charge on any atom is 0.331 e. The number of terminal acetylenes is 1. The standard InChI is InChI=1S/C31H44O8/c1-5-30(39-27-26(35)25(34)24(33)17(2)38-27)13-12-28(3)19(15-30)6-7-22-21(28)8-10-29(4)20(9-11-31(22,29)36)18-14-23(32)37-16-18/h1,14,17,19-22,24-27,33-36H,6-13,15-16H2,2-4H3/t17-,19+,20+,21-,22+,24-,25+,26+,27-,28-,29+,30+,31-/m0/s1. The molecule has 6 rings (SSSR count). The van der Waals surface area contributed by atoms with Gasteiger partial charge in [-0.1, -0.05) is 19.8 Å². The van der Waals surface area contributed by atoms with Gasteiger partial charge in [-0.3, -0.25) is 0 Å². The van der Waals surface area contributed by atoms with Gasteiger partial charge >= 0.3 is 5.97 Å². The van der Waals surface area contributed by atoms with Gasteiger partial charge in [-0.15, -0.1) is 6.42 Å². The van der Waals surface area contributed by atoms with E-state index in [0.29, 0.717) is 31.3 Å². The molecular formula is C31H44O8. The average Bonchev–Trinajstić information content (AvgIpc) is 3.46. The van der Waals surface area contributed by atoms with Crippen LogP contribution in [0.3, 0.4) is 0 Å². The summed E-state index contributed by atoms with van der Waals surface area (Å²) in [4.78, 5) is 11.8. The molecule has 13 atom stereocenters. The second kappa shape index (κ2) is 9.27. The Morgan fingerprint density at radius 2 is 1.77 bits per heavy atom. The van der Waals surface area contributed by atoms with Crippen molar-refractivity contribution in [2.75, 3.05) is 6.61 Å². The van der Waals surface area contributed by atoms with Crippen LogP contribution in [0.2, 0.25) is 0 Å². The van der Waals surface area contributed by atoms with Crippen LogP contribution in [0.25, 0.3) is 0 Å². The maximum absolute atomic E-state index is 12.4. The lowest BCUT2D eigenvalue weighted by Gasteiger charge is -2.64. The first-order valence-electron chi connectivity index (χ1n) is 14.8. The highest BCUT2D eigenvalue weighted by Gasteiger charge is 2.68. The normalized spacial score (nSPS) is 55.1. The fourth-order valence-electron chi connectivity index (χ4n) is 9.99. The van der Waals surface area contributed by atoms with Crippen molar-refractivity contribution in [1.29, 1.82) is 0 Å². The van der Waals surface area contributed by atoms with Crippen molar-refractivity contribution in [1.82, 2.24) is 0 Å². The molecule has 0 bridgehead atoms. The van der Waals surface area contributed by atoms with E-state index in [1.54, 1.807) is 13.0 Å². The molecule has 8 heteroatoms. The molecule has 1 saturated heterocycles. The third-order valence-corrected chi connectivity index (χ3v) is 12.4. The number of aliphatic hydroxyl groups excluding tert-OH is 3. The zero-order chi connectivity index (χ0) is 28.0. The minimum absolute atomic E-state index is 0.00249. The number of cyclic esters (lactones) is 1. The minimum atomic E-state index is -1.39. The molecule has 216 valence electrons. The Balaban J connectivity index is 1.21. The molecule has 5 fully saturated rings. The van der Waals surface area contributed by atoms with Crippen LogP contribution in [0.4, 0.5) is 0 Å². The second-order valence-corrected chi connectivity index (χ2v) is 13.9. The number of fused-ring (bicyclic) bond motifs is 5. The Bertz CT molecular complexity index is 1080. The van der Waals surface area contributed by atoms with Gasteiger partial charge in [0.05, 0.1) is 11.7 Å². The first kappa shape index (κ1) is 27.7. The van der Waals surface area contributed by atoms with Crippen LogP contribution < -0.4 is 0 Å². The van der Waals surface area contributed by atoms with Crippen LogP contribution in [0, 0.1) is 46.8 Å². The summed E-state index contributed by atoms with van der Waals surface area (Å²) in [7, 11) is 0. The Hall–Kier alpha value is -1.47. The van der Waals surface area contributed by atoms with E-state index in [-0.39, 0.29) is 28.6 Å². The fourth-order valence-corrected chi connectivity index (χ4v) is 9.99. The monoisotopic (exact) mass is 544 g/mol. The van der Waals surface area contributed by atoms with Crippen molar-refractivity contribution in [3.05, 3.63) is 11.6 Å². The Morgan fingerprint density at radius 3 is 2.46 bits per heavy atom. The van der Waals surface area contributed by atoms with Gasteiger partial charge in [0.25, 0.3) is 0 Å². The second-order valence-electron chi connectivity index (χ2n) is 13.9. The van der Waals surface area contributed by atoms with Crippen molar-refractivity contribution in [2.45, 2.75) is 120 Å². The summed E-state index contributed by atoms with van der Waals surface area (Å²) in [6.45, 7) is 6.60. The molecule has 0 spiro atoms. The van der Waals surface area contributed by atoms with E-state index in [9.17, 15) is 25.2 Å². The molecule has 0 aromatic carbocycles. The van der Waals surface area contributed by atoms with E-state index in [1.165, 1.54) is 0 Å². The van der Waals surface area contributed by atoms with Gasteiger partial charge in [-0.25, -0.2) is 4.79 Å². The van der Waals surface area contributed by atoms with E-state index >= 15 is 0 Å². The van der Waals surface area contributed by atoms with Crippen molar-refractivity contribution in [3.8, 4) is 12.3 Å². The zero-order valence-electron chi connectivity index (χ0n) is 23.3. The summed E-state index contributed by atoms with van der Waals surface area (Å²) in [5.41, 5.74) is -0.920. The van der Waals surface area contributed by atoms with Gasteiger partial charge in [0.1, 0.15) is 30.5 Å². The van der Waals surface area contributed by atoms with Crippen molar-refractivity contribution in [2.24, 2.45) is 34.5 Å². The minimum Gasteiger partial charge on any atom is -0.458 e. The molecule has 8 nitrogen and oxygen atoms in total. The van der Waals surface area contributed by atoms with Gasteiger partial charge in [0.2, 0.25) is 0 Å². The first-order valence-corrected chi connectivity index (χ1v) is 14.8. The molecule has 0 aromatic rings. The van der Waals surface area contributed by atoms with Gasteiger partial charge in [0.15, 0.2) is 6.29 Å². The van der Waals surface area contributed by atoms with E-state index in [0.717, 1.165) is 50.5 Å². The molecule has 2 heterocycles. The van der Waals surface area contributed by atoms with E-state index < -0.39 is 41.9 Å². The van der Waals surface area contributed by atoms with Crippen LogP contribution in [-0.2, 0) is 19.0 Å². The zero-order valence-corrected chi connectivity index (χ0v) is 23.3. The fraction of sp³-hybridized carbons (Fsp3) is 0.839. The highest BCUT2D eigenvalue weighted by Crippen LogP contribution is 2.70. The van der Waals surface area contributed by atoms with Crippen molar-refractivity contribution in [3.63, 3.8) is 0 Å². The predicted octanol–water partition coefficient (Wildman–Crippen LogP) is 2.46. The quantitative estimate of drug-likeness (QED) is 0.243. The van der Waals surface area contributed by atoms with Crippen LogP contribution >= 0.6 is 0 Å². The van der Waals surface area contributed by atoms with Gasteiger partial charge in [-0.2, -0.15) is 0 Å². The first-order chi connectivity index (χ1) is 18.4. The SMILES string of the molecule is C#C[C@@]1(O[C@@H]2O[C@@H](C)[C@H](O)[C@@H](O)[C@H]2O)CC[C@@]2(C)[C@H](CC[C@@H]3[C@@H]2CC[C@]2(C)[C@@H](C4=CC(=O)OC4)CC[C@]32O)C1. The highest BCUT2D eigenvalue weighted by atomic mass is 16.7. The summed E-state index contributed by atoms with van der Waals surface area (Å²) in [5, 5.41) is 43.4. The number of hydrogen-bond acceptors (Lipinski definition) is 8. The molecule has 4 N–H and O–H groups in total. The van der Waals surface area contributed by atoms with E-state index in [2.05, 4.69) is 19.8 Å². The van der Waals surface area contributed by atoms with Crippen molar-refractivity contribution < 1.29 is 39.4 Å². The van der Waals surface area contributed by atoms with Crippen LogP contribution in [0.1, 0.15) is 78.6 Å². The number of esters is 1. The number of carbonyl (C=O) groups is 1. The van der Waals surface area contributed by atoms with Crippen LogP contribution in [0.15, 0.2) is 11.6 Å². The Kier molecular flexibility index (Phi) is 6.58. The largest absolute Gasteiger partial charge is 0.458 e. The van der Waals surface area contributed by atoms with Crippen molar-refractivity contribution >= 4 is 5.97 Å². The number of rotatable bonds is 3. The summed E-state index contributed by atoms with van der Waals surface area (Å²) in [6, 6.07) is 0. The third kappa shape index (κ3) is 3.91. The molecule has 4 aliphatic carbocycles. The van der Waals surface area contributed by atoms with Gasteiger partial charge in [0, 0.05) is 11.5 Å². The molecule has 39 heavy (non-hydrogen) atoms. The lowest BCUT2D eigenvalue weighted by atomic mass is 9.42. The Labute approximate surface area is 231 Å². The molecule has 0 radical (unpaired) electrons. The summed E-state index contributed by atoms with van der Waals surface area (Å²) in [6.07, 6.45) is 9.51. The number of carbonyl (C=O) groups excluding carboxylic acids is 1. The van der Waals surface area contributed by atoms with Crippen LogP contribution in [-0.4, -0.2) is 74.9 Å². The van der Waals surface area contributed by atoms with E-state index in [4.69, 9.17) is 20.6 Å². The molecular weight excluding hydrogens is 500 g/mol. The highest BCUT2D eigenvalue weighted by molar-refractivity contribution is 5.85. The maximum atomic E-state index is 12.4. The topological polar surface area (TPSA) is 126 Å². The summed E-state index contributed by atoms with van der Waals surface area (Å²) in [5.74, 6) is 3.66. The van der Waals surface area contributed by atoms with Crippen LogP contribution in [0.5, 0.6) is 0 Å². The summed E-state index contributed by atoms with van der Waals surface area (Å²) >= 11 is 0. The molecule has 0 amide bonds. The Morgan fingerprint density at radius 1 is 1.00 bits per heavy atom. The lowest BCUT2D eigenvalue weighted by molar-refractivity contribution is -0.321. The lowest BCUT2D eigenvalue weighted by Crippen LogP contribution is -2.64. The number of hydrogen-bond donors (Lipinski definition) is 4.